The third kappa shape index (κ3) is 3.31. The minimum Gasteiger partial charge on any atom is -0.507 e. The number of ether oxygens (including phenoxy) is 1. The number of aliphatic hydroxyl groups is 1. The normalized spacial score (nSPS) is 18.1. The van der Waals surface area contributed by atoms with E-state index in [2.05, 4.69) is 15.2 Å². The van der Waals surface area contributed by atoms with Crippen LogP contribution in [0.15, 0.2) is 48.3 Å². The lowest BCUT2D eigenvalue weighted by Gasteiger charge is -2.22. The second-order valence-corrected chi connectivity index (χ2v) is 8.00. The highest BCUT2D eigenvalue weighted by atomic mass is 35.5. The SMILES string of the molecule is COc1ccc(Cl)cc1C(O)=C1C(=O)C(=O)N(c2nnc(C)s2)[C@H]1c1cccnc1. The molecule has 152 valence electrons. The van der Waals surface area contributed by atoms with Crippen molar-refractivity contribution in [2.45, 2.75) is 13.0 Å². The molecule has 1 aliphatic heterocycles. The molecule has 1 saturated heterocycles. The second kappa shape index (κ2) is 7.85. The summed E-state index contributed by atoms with van der Waals surface area (Å²) in [5.74, 6) is -1.76. The van der Waals surface area contributed by atoms with Gasteiger partial charge in [0.2, 0.25) is 5.13 Å². The number of aliphatic hydroxyl groups excluding tert-OH is 1. The molecule has 3 heterocycles. The molecule has 3 aromatic rings. The number of hydrogen-bond donors (Lipinski definition) is 1. The van der Waals surface area contributed by atoms with Crippen molar-refractivity contribution < 1.29 is 19.4 Å². The van der Waals surface area contributed by atoms with Gasteiger partial charge in [0, 0.05) is 17.4 Å². The van der Waals surface area contributed by atoms with Crippen molar-refractivity contribution in [3.63, 3.8) is 0 Å². The van der Waals surface area contributed by atoms with E-state index < -0.39 is 23.5 Å². The van der Waals surface area contributed by atoms with Gasteiger partial charge >= 0.3 is 5.91 Å². The molecule has 0 spiro atoms. The van der Waals surface area contributed by atoms with Crippen LogP contribution in [0.5, 0.6) is 5.75 Å². The summed E-state index contributed by atoms with van der Waals surface area (Å²) in [5, 5.41) is 20.3. The van der Waals surface area contributed by atoms with Crippen molar-refractivity contribution in [1.82, 2.24) is 15.2 Å². The van der Waals surface area contributed by atoms with Crippen LogP contribution >= 0.6 is 22.9 Å². The molecule has 1 atom stereocenters. The Morgan fingerprint density at radius 2 is 2.07 bits per heavy atom. The molecule has 30 heavy (non-hydrogen) atoms. The standard InChI is InChI=1S/C20H15ClN4O4S/c1-10-23-24-20(30-10)25-16(11-4-3-7-22-9-11)15(18(27)19(25)28)17(26)13-8-12(21)5-6-14(13)29-2/h3-9,16,26H,1-2H3/t16-/m0/s1. The van der Waals surface area contributed by atoms with Crippen LogP contribution in [0.2, 0.25) is 5.02 Å². The maximum atomic E-state index is 13.0. The fourth-order valence-corrected chi connectivity index (χ4v) is 4.16. The molecule has 10 heteroatoms. The summed E-state index contributed by atoms with van der Waals surface area (Å²) in [4.78, 5) is 31.3. The minimum absolute atomic E-state index is 0.110. The van der Waals surface area contributed by atoms with E-state index in [1.807, 2.05) is 0 Å². The number of rotatable bonds is 4. The number of benzene rings is 1. The van der Waals surface area contributed by atoms with Gasteiger partial charge in [-0.3, -0.25) is 19.5 Å². The van der Waals surface area contributed by atoms with Gasteiger partial charge in [-0.2, -0.15) is 0 Å². The molecule has 1 aromatic carbocycles. The van der Waals surface area contributed by atoms with E-state index in [9.17, 15) is 14.7 Å². The first-order valence-electron chi connectivity index (χ1n) is 8.77. The summed E-state index contributed by atoms with van der Waals surface area (Å²) in [5.41, 5.74) is 0.624. The maximum Gasteiger partial charge on any atom is 0.301 e. The Hall–Kier alpha value is -3.30. The summed E-state index contributed by atoms with van der Waals surface area (Å²) in [6.45, 7) is 1.74. The zero-order valence-electron chi connectivity index (χ0n) is 15.9. The molecule has 0 bridgehead atoms. The highest BCUT2D eigenvalue weighted by Gasteiger charge is 2.48. The molecule has 1 amide bonds. The number of Topliss-reactive ketones (excluding diaryl/α,β-unsaturated/α-hetero) is 1. The number of hydrogen-bond acceptors (Lipinski definition) is 8. The number of carbonyl (C=O) groups excluding carboxylic acids is 2. The van der Waals surface area contributed by atoms with Gasteiger partial charge in [-0.05, 0) is 36.8 Å². The molecule has 8 nitrogen and oxygen atoms in total. The second-order valence-electron chi connectivity index (χ2n) is 6.40. The molecule has 1 aliphatic rings. The number of amides is 1. The van der Waals surface area contributed by atoms with Gasteiger partial charge in [0.25, 0.3) is 5.78 Å². The highest BCUT2D eigenvalue weighted by molar-refractivity contribution is 7.15. The summed E-state index contributed by atoms with van der Waals surface area (Å²) >= 11 is 7.26. The highest BCUT2D eigenvalue weighted by Crippen LogP contribution is 2.43. The maximum absolute atomic E-state index is 13.0. The van der Waals surface area contributed by atoms with E-state index in [-0.39, 0.29) is 16.3 Å². The van der Waals surface area contributed by atoms with E-state index in [1.54, 1.807) is 37.4 Å². The molecular formula is C20H15ClN4O4S. The fraction of sp³-hybridized carbons (Fsp3) is 0.150. The predicted octanol–water partition coefficient (Wildman–Crippen LogP) is 3.53. The van der Waals surface area contributed by atoms with Crippen molar-refractivity contribution in [2.75, 3.05) is 12.0 Å². The number of methoxy groups -OCH3 is 1. The molecule has 0 aliphatic carbocycles. The van der Waals surface area contributed by atoms with Crippen LogP contribution in [0.25, 0.3) is 5.76 Å². The first kappa shape index (κ1) is 20.0. The first-order chi connectivity index (χ1) is 14.4. The van der Waals surface area contributed by atoms with Crippen LogP contribution < -0.4 is 9.64 Å². The van der Waals surface area contributed by atoms with Crippen LogP contribution in [0.4, 0.5) is 5.13 Å². The van der Waals surface area contributed by atoms with Crippen molar-refractivity contribution in [3.05, 3.63) is 69.5 Å². The Morgan fingerprint density at radius 3 is 2.70 bits per heavy atom. The topological polar surface area (TPSA) is 106 Å². The first-order valence-corrected chi connectivity index (χ1v) is 9.96. The van der Waals surface area contributed by atoms with Gasteiger partial charge in [0.15, 0.2) is 0 Å². The number of nitrogens with zero attached hydrogens (tertiary/aromatic N) is 4. The van der Waals surface area contributed by atoms with Gasteiger partial charge in [-0.1, -0.05) is 29.0 Å². The molecule has 2 aromatic heterocycles. The Balaban J connectivity index is 1.98. The number of aromatic nitrogens is 3. The van der Waals surface area contributed by atoms with Gasteiger partial charge in [-0.25, -0.2) is 0 Å². The summed E-state index contributed by atoms with van der Waals surface area (Å²) < 4.78 is 5.30. The van der Waals surface area contributed by atoms with Crippen molar-refractivity contribution in [2.24, 2.45) is 0 Å². The molecular weight excluding hydrogens is 428 g/mol. The Kier molecular flexibility index (Phi) is 5.23. The van der Waals surface area contributed by atoms with Gasteiger partial charge in [-0.15, -0.1) is 10.2 Å². The number of ketones is 1. The van der Waals surface area contributed by atoms with Crippen LogP contribution in [0.3, 0.4) is 0 Å². The Morgan fingerprint density at radius 1 is 1.27 bits per heavy atom. The predicted molar refractivity (Wildman–Crippen MR) is 112 cm³/mol. The van der Waals surface area contributed by atoms with Crippen LogP contribution in [0, 0.1) is 6.92 Å². The Labute approximate surface area is 180 Å². The minimum atomic E-state index is -0.935. The summed E-state index contributed by atoms with van der Waals surface area (Å²) in [6, 6.07) is 7.10. The molecule has 1 N–H and O–H groups in total. The molecule has 4 rings (SSSR count). The van der Waals surface area contributed by atoms with Gasteiger partial charge in [0.1, 0.15) is 16.5 Å². The molecule has 0 unspecified atom stereocenters. The van der Waals surface area contributed by atoms with E-state index in [4.69, 9.17) is 16.3 Å². The van der Waals surface area contributed by atoms with E-state index in [0.29, 0.717) is 21.3 Å². The average molecular weight is 443 g/mol. The average Bonchev–Trinajstić information content (AvgIpc) is 3.29. The lowest BCUT2D eigenvalue weighted by molar-refractivity contribution is -0.132. The molecule has 0 saturated carbocycles. The smallest absolute Gasteiger partial charge is 0.301 e. The van der Waals surface area contributed by atoms with Gasteiger partial charge in [0.05, 0.1) is 24.3 Å². The zero-order valence-corrected chi connectivity index (χ0v) is 17.4. The van der Waals surface area contributed by atoms with Crippen LogP contribution in [-0.4, -0.2) is 39.1 Å². The molecule has 0 radical (unpaired) electrons. The van der Waals surface area contributed by atoms with E-state index in [1.165, 1.54) is 35.6 Å². The largest absolute Gasteiger partial charge is 0.507 e. The monoisotopic (exact) mass is 442 g/mol. The van der Waals surface area contributed by atoms with Crippen molar-refractivity contribution >= 4 is 45.5 Å². The number of pyridine rings is 1. The third-order valence-corrected chi connectivity index (χ3v) is 5.66. The van der Waals surface area contributed by atoms with Crippen molar-refractivity contribution in [1.29, 1.82) is 0 Å². The number of halogens is 1. The summed E-state index contributed by atoms with van der Waals surface area (Å²) in [7, 11) is 1.43. The van der Waals surface area contributed by atoms with Crippen molar-refractivity contribution in [3.8, 4) is 5.75 Å². The van der Waals surface area contributed by atoms with E-state index in [0.717, 1.165) is 0 Å². The summed E-state index contributed by atoms with van der Waals surface area (Å²) in [6.07, 6.45) is 3.10. The lowest BCUT2D eigenvalue weighted by atomic mass is 9.96. The van der Waals surface area contributed by atoms with Crippen LogP contribution in [0.1, 0.15) is 22.2 Å². The fourth-order valence-electron chi connectivity index (χ4n) is 3.28. The third-order valence-electron chi connectivity index (χ3n) is 4.58. The lowest BCUT2D eigenvalue weighted by Crippen LogP contribution is -2.29. The van der Waals surface area contributed by atoms with Crippen LogP contribution in [-0.2, 0) is 9.59 Å². The Bertz CT molecular complexity index is 1180. The van der Waals surface area contributed by atoms with Gasteiger partial charge < -0.3 is 9.84 Å². The molecule has 1 fully saturated rings. The number of anilines is 1. The zero-order chi connectivity index (χ0) is 21.4. The number of aryl methyl sites for hydroxylation is 1. The number of carbonyl (C=O) groups is 2. The quantitative estimate of drug-likeness (QED) is 0.374. The van der Waals surface area contributed by atoms with E-state index >= 15 is 0 Å².